The van der Waals surface area contributed by atoms with Crippen molar-refractivity contribution in [2.24, 2.45) is 5.73 Å². The van der Waals surface area contributed by atoms with Gasteiger partial charge in [-0.05, 0) is 37.5 Å². The summed E-state index contributed by atoms with van der Waals surface area (Å²) in [6, 6.07) is 5.89. The quantitative estimate of drug-likeness (QED) is 0.785. The van der Waals surface area contributed by atoms with Gasteiger partial charge in [0.25, 0.3) is 0 Å². The molecule has 140 valence electrons. The van der Waals surface area contributed by atoms with Crippen LogP contribution in [0.2, 0.25) is 0 Å². The fourth-order valence-electron chi connectivity index (χ4n) is 2.62. The zero-order valence-corrected chi connectivity index (χ0v) is 15.1. The molecule has 1 aliphatic rings. The number of ether oxygens (including phenoxy) is 1. The predicted molar refractivity (Wildman–Crippen MR) is 94.7 cm³/mol. The first-order valence-corrected chi connectivity index (χ1v) is 8.12. The molecule has 0 radical (unpaired) electrons. The van der Waals surface area contributed by atoms with E-state index in [-0.39, 0.29) is 43.1 Å². The second-order valence-electron chi connectivity index (χ2n) is 5.99. The summed E-state index contributed by atoms with van der Waals surface area (Å²) in [4.78, 5) is 26.2. The van der Waals surface area contributed by atoms with Gasteiger partial charge in [0.15, 0.2) is 0 Å². The van der Waals surface area contributed by atoms with E-state index in [1.54, 1.807) is 12.1 Å². The Bertz CT molecular complexity index is 577. The van der Waals surface area contributed by atoms with Gasteiger partial charge in [-0.15, -0.1) is 12.4 Å². The maximum Gasteiger partial charge on any atom is 0.243 e. The highest BCUT2D eigenvalue weighted by Crippen LogP contribution is 2.20. The van der Waals surface area contributed by atoms with Crippen molar-refractivity contribution >= 4 is 24.2 Å². The number of hydrogen-bond acceptors (Lipinski definition) is 4. The SMILES string of the molecule is CCN(CC(=O)NCc1ccc(F)cc1)C(=O)C1(N)CCOCC1.Cl. The van der Waals surface area contributed by atoms with Crippen LogP contribution in [-0.4, -0.2) is 48.6 Å². The van der Waals surface area contributed by atoms with E-state index in [4.69, 9.17) is 10.5 Å². The third-order valence-corrected chi connectivity index (χ3v) is 4.22. The Balaban J connectivity index is 0.00000312. The Labute approximate surface area is 153 Å². The van der Waals surface area contributed by atoms with E-state index in [1.165, 1.54) is 17.0 Å². The molecule has 0 atom stereocenters. The number of carbonyl (C=O) groups excluding carboxylic acids is 2. The van der Waals surface area contributed by atoms with Crippen molar-refractivity contribution in [3.8, 4) is 0 Å². The van der Waals surface area contributed by atoms with Crippen LogP contribution in [0.1, 0.15) is 25.3 Å². The van der Waals surface area contributed by atoms with E-state index in [2.05, 4.69) is 5.32 Å². The minimum atomic E-state index is -0.953. The van der Waals surface area contributed by atoms with Crippen LogP contribution in [-0.2, 0) is 20.9 Å². The average molecular weight is 374 g/mol. The highest BCUT2D eigenvalue weighted by atomic mass is 35.5. The molecule has 2 amide bonds. The van der Waals surface area contributed by atoms with Gasteiger partial charge >= 0.3 is 0 Å². The Kier molecular flexibility index (Phi) is 8.28. The lowest BCUT2D eigenvalue weighted by molar-refractivity contribution is -0.143. The van der Waals surface area contributed by atoms with Gasteiger partial charge in [0.05, 0.1) is 12.1 Å². The van der Waals surface area contributed by atoms with Gasteiger partial charge in [-0.2, -0.15) is 0 Å². The van der Waals surface area contributed by atoms with Crippen molar-refractivity contribution in [1.82, 2.24) is 10.2 Å². The fraction of sp³-hybridized carbons (Fsp3) is 0.529. The second-order valence-corrected chi connectivity index (χ2v) is 5.99. The van der Waals surface area contributed by atoms with Crippen LogP contribution in [0.25, 0.3) is 0 Å². The smallest absolute Gasteiger partial charge is 0.243 e. The Morgan fingerprint density at radius 3 is 2.44 bits per heavy atom. The maximum absolute atomic E-state index is 12.9. The molecule has 0 aromatic heterocycles. The fourth-order valence-corrected chi connectivity index (χ4v) is 2.62. The van der Waals surface area contributed by atoms with Crippen molar-refractivity contribution in [1.29, 1.82) is 0 Å². The molecule has 6 nitrogen and oxygen atoms in total. The van der Waals surface area contributed by atoms with E-state index in [0.29, 0.717) is 32.6 Å². The number of benzene rings is 1. The first-order valence-electron chi connectivity index (χ1n) is 8.12. The average Bonchev–Trinajstić information content (AvgIpc) is 2.59. The van der Waals surface area contributed by atoms with Gasteiger partial charge in [0, 0.05) is 26.3 Å². The zero-order valence-electron chi connectivity index (χ0n) is 14.3. The number of rotatable bonds is 6. The molecule has 0 aliphatic carbocycles. The van der Waals surface area contributed by atoms with E-state index in [9.17, 15) is 14.0 Å². The Hall–Kier alpha value is -1.70. The number of nitrogens with two attached hydrogens (primary N) is 1. The number of hydrogen-bond donors (Lipinski definition) is 2. The van der Waals surface area contributed by atoms with Crippen molar-refractivity contribution in [3.05, 3.63) is 35.6 Å². The van der Waals surface area contributed by atoms with Gasteiger partial charge in [-0.1, -0.05) is 12.1 Å². The van der Waals surface area contributed by atoms with Crippen molar-refractivity contribution in [3.63, 3.8) is 0 Å². The monoisotopic (exact) mass is 373 g/mol. The topological polar surface area (TPSA) is 84.7 Å². The Morgan fingerprint density at radius 2 is 1.88 bits per heavy atom. The van der Waals surface area contributed by atoms with Crippen molar-refractivity contribution < 1.29 is 18.7 Å². The van der Waals surface area contributed by atoms with E-state index in [1.807, 2.05) is 6.92 Å². The molecule has 1 heterocycles. The van der Waals surface area contributed by atoms with Crippen LogP contribution in [0, 0.1) is 5.82 Å². The van der Waals surface area contributed by atoms with E-state index < -0.39 is 5.54 Å². The summed E-state index contributed by atoms with van der Waals surface area (Å²) < 4.78 is 18.1. The number of nitrogens with one attached hydrogen (secondary N) is 1. The number of likely N-dealkylation sites (N-methyl/N-ethyl adjacent to an activating group) is 1. The predicted octanol–water partition coefficient (Wildman–Crippen LogP) is 1.22. The maximum atomic E-state index is 12.9. The molecular formula is C17H25ClFN3O3. The minimum absolute atomic E-state index is 0. The molecule has 25 heavy (non-hydrogen) atoms. The third-order valence-electron chi connectivity index (χ3n) is 4.22. The molecule has 0 spiro atoms. The molecular weight excluding hydrogens is 349 g/mol. The molecule has 1 fully saturated rings. The summed E-state index contributed by atoms with van der Waals surface area (Å²) in [6.45, 7) is 3.37. The summed E-state index contributed by atoms with van der Waals surface area (Å²) in [5.74, 6) is -0.812. The highest BCUT2D eigenvalue weighted by Gasteiger charge is 2.38. The first kappa shape index (κ1) is 21.3. The van der Waals surface area contributed by atoms with Crippen LogP contribution in [0.4, 0.5) is 4.39 Å². The lowest BCUT2D eigenvalue weighted by atomic mass is 9.89. The second kappa shape index (κ2) is 9.70. The standard InChI is InChI=1S/C17H24FN3O3.ClH/c1-2-21(16(23)17(19)7-9-24-10-8-17)12-15(22)20-11-13-3-5-14(18)6-4-13;/h3-6H,2,7-12,19H2,1H3,(H,20,22);1H. The lowest BCUT2D eigenvalue weighted by Crippen LogP contribution is -2.59. The van der Waals surface area contributed by atoms with Gasteiger partial charge < -0.3 is 20.7 Å². The van der Waals surface area contributed by atoms with E-state index >= 15 is 0 Å². The van der Waals surface area contributed by atoms with Gasteiger partial charge in [0.2, 0.25) is 11.8 Å². The molecule has 1 aromatic rings. The summed E-state index contributed by atoms with van der Waals surface area (Å²) in [6.07, 6.45) is 0.916. The number of carbonyl (C=O) groups is 2. The van der Waals surface area contributed by atoms with Crippen LogP contribution in [0.3, 0.4) is 0 Å². The van der Waals surface area contributed by atoms with Crippen LogP contribution in [0.15, 0.2) is 24.3 Å². The molecule has 1 saturated heterocycles. The van der Waals surface area contributed by atoms with Gasteiger partial charge in [0.1, 0.15) is 5.82 Å². The normalized spacial score (nSPS) is 15.8. The van der Waals surface area contributed by atoms with Crippen LogP contribution < -0.4 is 11.1 Å². The van der Waals surface area contributed by atoms with Crippen molar-refractivity contribution in [2.45, 2.75) is 31.8 Å². The Morgan fingerprint density at radius 1 is 1.28 bits per heavy atom. The highest BCUT2D eigenvalue weighted by molar-refractivity contribution is 5.90. The van der Waals surface area contributed by atoms with Crippen LogP contribution >= 0.6 is 12.4 Å². The lowest BCUT2D eigenvalue weighted by Gasteiger charge is -2.36. The number of amides is 2. The molecule has 2 rings (SSSR count). The van der Waals surface area contributed by atoms with Gasteiger partial charge in [-0.3, -0.25) is 9.59 Å². The zero-order chi connectivity index (χ0) is 17.6. The molecule has 0 bridgehead atoms. The first-order chi connectivity index (χ1) is 11.4. The number of halogens is 2. The summed E-state index contributed by atoms with van der Waals surface area (Å²) in [5, 5.41) is 2.73. The minimum Gasteiger partial charge on any atom is -0.381 e. The molecule has 3 N–H and O–H groups in total. The molecule has 0 unspecified atom stereocenters. The summed E-state index contributed by atoms with van der Waals surface area (Å²) in [7, 11) is 0. The van der Waals surface area contributed by atoms with Crippen LogP contribution in [0.5, 0.6) is 0 Å². The van der Waals surface area contributed by atoms with Gasteiger partial charge in [-0.25, -0.2) is 4.39 Å². The molecule has 1 aromatic carbocycles. The van der Waals surface area contributed by atoms with E-state index in [0.717, 1.165) is 5.56 Å². The third kappa shape index (κ3) is 5.95. The summed E-state index contributed by atoms with van der Waals surface area (Å²) >= 11 is 0. The molecule has 0 saturated carbocycles. The molecule has 8 heteroatoms. The summed E-state index contributed by atoms with van der Waals surface area (Å²) in [5.41, 5.74) is 6.03. The molecule has 1 aliphatic heterocycles. The number of nitrogens with zero attached hydrogens (tertiary/aromatic N) is 1. The van der Waals surface area contributed by atoms with Crippen molar-refractivity contribution in [2.75, 3.05) is 26.3 Å². The largest absolute Gasteiger partial charge is 0.381 e.